The summed E-state index contributed by atoms with van der Waals surface area (Å²) in [5.74, 6) is 1.46. The number of rotatable bonds is 6. The second-order valence-corrected chi connectivity index (χ2v) is 7.40. The van der Waals surface area contributed by atoms with Crippen molar-refractivity contribution < 1.29 is 0 Å². The summed E-state index contributed by atoms with van der Waals surface area (Å²) in [6.45, 7) is 10.4. The Morgan fingerprint density at radius 1 is 1.04 bits per heavy atom. The monoisotopic (exact) mass is 327 g/mol. The minimum atomic E-state index is 0.155. The Kier molecular flexibility index (Phi) is 5.78. The van der Waals surface area contributed by atoms with Crippen LogP contribution in [0.4, 0.5) is 17.5 Å². The van der Waals surface area contributed by atoms with Gasteiger partial charge in [0.25, 0.3) is 0 Å². The lowest BCUT2D eigenvalue weighted by Crippen LogP contribution is -2.21. The van der Waals surface area contributed by atoms with E-state index in [1.165, 1.54) is 5.56 Å². The number of anilines is 3. The number of nitrogens with zero attached hydrogens (tertiary/aromatic N) is 3. The Labute approximate surface area is 145 Å². The third-order valence-electron chi connectivity index (χ3n) is 3.73. The van der Waals surface area contributed by atoms with Gasteiger partial charge in [-0.1, -0.05) is 32.9 Å². The number of aromatic nitrogens is 2. The van der Waals surface area contributed by atoms with Crippen molar-refractivity contribution in [2.75, 3.05) is 37.8 Å². The van der Waals surface area contributed by atoms with Gasteiger partial charge in [-0.05, 0) is 44.1 Å². The second kappa shape index (κ2) is 7.62. The topological polar surface area (TPSA) is 53.1 Å². The summed E-state index contributed by atoms with van der Waals surface area (Å²) in [5, 5.41) is 6.63. The minimum Gasteiger partial charge on any atom is -0.369 e. The average Bonchev–Trinajstić information content (AvgIpc) is 2.46. The highest BCUT2D eigenvalue weighted by Gasteiger charge is 2.13. The minimum absolute atomic E-state index is 0.155. The van der Waals surface area contributed by atoms with Crippen molar-refractivity contribution in [2.45, 2.75) is 33.1 Å². The summed E-state index contributed by atoms with van der Waals surface area (Å²) < 4.78 is 0. The number of benzene rings is 1. The zero-order chi connectivity index (χ0) is 17.7. The molecule has 1 heterocycles. The molecular formula is C19H29N5. The molecule has 0 aliphatic heterocycles. The summed E-state index contributed by atoms with van der Waals surface area (Å²) >= 11 is 0. The molecule has 0 amide bonds. The lowest BCUT2D eigenvalue weighted by molar-refractivity contribution is 0.425. The van der Waals surface area contributed by atoms with Crippen LogP contribution in [0.3, 0.4) is 0 Å². The maximum atomic E-state index is 4.55. The van der Waals surface area contributed by atoms with Crippen LogP contribution >= 0.6 is 0 Å². The van der Waals surface area contributed by atoms with Crippen LogP contribution in [-0.4, -0.2) is 42.1 Å². The zero-order valence-corrected chi connectivity index (χ0v) is 15.6. The highest BCUT2D eigenvalue weighted by atomic mass is 15.2. The first kappa shape index (κ1) is 18.2. The summed E-state index contributed by atoms with van der Waals surface area (Å²) in [6.07, 6.45) is 0. The fourth-order valence-corrected chi connectivity index (χ4v) is 2.31. The van der Waals surface area contributed by atoms with Crippen molar-refractivity contribution in [3.8, 4) is 0 Å². The first-order valence-corrected chi connectivity index (χ1v) is 8.36. The van der Waals surface area contributed by atoms with Gasteiger partial charge in [0.05, 0.1) is 0 Å². The molecule has 0 aliphatic rings. The molecule has 0 unspecified atom stereocenters. The maximum absolute atomic E-state index is 4.55. The van der Waals surface area contributed by atoms with E-state index in [0.717, 1.165) is 30.3 Å². The summed E-state index contributed by atoms with van der Waals surface area (Å²) in [7, 11) is 4.11. The highest BCUT2D eigenvalue weighted by Crippen LogP contribution is 2.24. The molecule has 0 bridgehead atoms. The van der Waals surface area contributed by atoms with Gasteiger partial charge in [-0.2, -0.15) is 4.98 Å². The van der Waals surface area contributed by atoms with Gasteiger partial charge in [0.1, 0.15) is 5.82 Å². The predicted molar refractivity (Wildman–Crippen MR) is 102 cm³/mol. The second-order valence-electron chi connectivity index (χ2n) is 7.40. The normalized spacial score (nSPS) is 11.6. The van der Waals surface area contributed by atoms with E-state index in [1.807, 2.05) is 13.0 Å². The van der Waals surface area contributed by atoms with Crippen molar-refractivity contribution in [2.24, 2.45) is 0 Å². The van der Waals surface area contributed by atoms with Crippen LogP contribution in [0.15, 0.2) is 30.3 Å². The first-order chi connectivity index (χ1) is 11.2. The fraction of sp³-hybridized carbons (Fsp3) is 0.474. The molecule has 5 nitrogen and oxygen atoms in total. The Hall–Kier alpha value is -2.14. The molecule has 0 radical (unpaired) electrons. The van der Waals surface area contributed by atoms with Crippen molar-refractivity contribution in [3.63, 3.8) is 0 Å². The van der Waals surface area contributed by atoms with Gasteiger partial charge in [0.15, 0.2) is 0 Å². The molecule has 130 valence electrons. The van der Waals surface area contributed by atoms with Crippen LogP contribution in [0.5, 0.6) is 0 Å². The Balaban J connectivity index is 2.07. The van der Waals surface area contributed by atoms with Gasteiger partial charge in [-0.25, -0.2) is 4.98 Å². The quantitative estimate of drug-likeness (QED) is 0.845. The molecule has 0 spiro atoms. The first-order valence-electron chi connectivity index (χ1n) is 8.36. The molecule has 1 aromatic carbocycles. The smallest absolute Gasteiger partial charge is 0.229 e. The van der Waals surface area contributed by atoms with E-state index in [4.69, 9.17) is 0 Å². The molecule has 0 saturated heterocycles. The van der Waals surface area contributed by atoms with Crippen LogP contribution in [0.1, 0.15) is 32.0 Å². The number of hydrogen-bond acceptors (Lipinski definition) is 5. The fourth-order valence-electron chi connectivity index (χ4n) is 2.31. The predicted octanol–water partition coefficient (Wildman–Crippen LogP) is 3.80. The molecule has 2 aromatic rings. The highest BCUT2D eigenvalue weighted by molar-refractivity contribution is 5.56. The Morgan fingerprint density at radius 3 is 2.29 bits per heavy atom. The van der Waals surface area contributed by atoms with Crippen molar-refractivity contribution in [1.82, 2.24) is 14.9 Å². The summed E-state index contributed by atoms with van der Waals surface area (Å²) in [4.78, 5) is 11.2. The third kappa shape index (κ3) is 5.49. The molecule has 2 N–H and O–H groups in total. The summed E-state index contributed by atoms with van der Waals surface area (Å²) in [5.41, 5.74) is 3.39. The standard InChI is InChI=1S/C19H29N5/c1-14-13-17(20-11-12-24(5)6)23-18(21-14)22-16-9-7-15(8-10-16)19(2,3)4/h7-10,13H,11-12H2,1-6H3,(H2,20,21,22,23). The van der Waals surface area contributed by atoms with Crippen LogP contribution in [0, 0.1) is 6.92 Å². The van der Waals surface area contributed by atoms with Crippen molar-refractivity contribution in [1.29, 1.82) is 0 Å². The van der Waals surface area contributed by atoms with Gasteiger partial charge in [-0.3, -0.25) is 0 Å². The number of nitrogens with one attached hydrogen (secondary N) is 2. The molecule has 0 fully saturated rings. The van der Waals surface area contributed by atoms with Crippen LogP contribution < -0.4 is 10.6 Å². The lowest BCUT2D eigenvalue weighted by atomic mass is 9.87. The lowest BCUT2D eigenvalue weighted by Gasteiger charge is -2.19. The number of aryl methyl sites for hydroxylation is 1. The van der Waals surface area contributed by atoms with E-state index in [9.17, 15) is 0 Å². The van der Waals surface area contributed by atoms with Crippen LogP contribution in [-0.2, 0) is 5.41 Å². The van der Waals surface area contributed by atoms with Gasteiger partial charge in [0.2, 0.25) is 5.95 Å². The van der Waals surface area contributed by atoms with E-state index >= 15 is 0 Å². The van der Waals surface area contributed by atoms with E-state index in [0.29, 0.717) is 5.95 Å². The molecule has 24 heavy (non-hydrogen) atoms. The molecule has 2 rings (SSSR count). The molecule has 0 aliphatic carbocycles. The SMILES string of the molecule is Cc1cc(NCCN(C)C)nc(Nc2ccc(C(C)(C)C)cc2)n1. The van der Waals surface area contributed by atoms with Crippen molar-refractivity contribution in [3.05, 3.63) is 41.6 Å². The average molecular weight is 327 g/mol. The van der Waals surface area contributed by atoms with Crippen LogP contribution in [0.2, 0.25) is 0 Å². The van der Waals surface area contributed by atoms with Gasteiger partial charge < -0.3 is 15.5 Å². The van der Waals surface area contributed by atoms with Crippen molar-refractivity contribution >= 4 is 17.5 Å². The van der Waals surface area contributed by atoms with E-state index in [2.05, 4.69) is 84.6 Å². The third-order valence-corrected chi connectivity index (χ3v) is 3.73. The van der Waals surface area contributed by atoms with Crippen LogP contribution in [0.25, 0.3) is 0 Å². The Morgan fingerprint density at radius 2 is 1.71 bits per heavy atom. The van der Waals surface area contributed by atoms with Gasteiger partial charge in [0, 0.05) is 30.5 Å². The molecule has 1 aromatic heterocycles. The zero-order valence-electron chi connectivity index (χ0n) is 15.6. The molecular weight excluding hydrogens is 298 g/mol. The molecule has 0 saturated carbocycles. The van der Waals surface area contributed by atoms with E-state index in [1.54, 1.807) is 0 Å². The maximum Gasteiger partial charge on any atom is 0.229 e. The van der Waals surface area contributed by atoms with Gasteiger partial charge in [-0.15, -0.1) is 0 Å². The van der Waals surface area contributed by atoms with E-state index in [-0.39, 0.29) is 5.41 Å². The van der Waals surface area contributed by atoms with Gasteiger partial charge >= 0.3 is 0 Å². The number of hydrogen-bond donors (Lipinski definition) is 2. The molecule has 5 heteroatoms. The molecule has 0 atom stereocenters. The largest absolute Gasteiger partial charge is 0.369 e. The van der Waals surface area contributed by atoms with E-state index < -0.39 is 0 Å². The Bertz CT molecular complexity index is 656. The number of likely N-dealkylation sites (N-methyl/N-ethyl adjacent to an activating group) is 1. The summed E-state index contributed by atoms with van der Waals surface area (Å²) in [6, 6.07) is 10.4.